The molecule has 0 atom stereocenters. The number of rotatable bonds is 3. The second-order valence-electron chi connectivity index (χ2n) is 12.1. The highest BCUT2D eigenvalue weighted by atomic mass is 19.4. The molecule has 5 aromatic carbocycles. The van der Waals surface area contributed by atoms with E-state index in [1.807, 2.05) is 108 Å². The van der Waals surface area contributed by atoms with E-state index in [1.165, 1.54) is 0 Å². The molecule has 0 bridgehead atoms. The Labute approximate surface area is 270 Å². The third-order valence-electron chi connectivity index (χ3n) is 8.90. The number of nitrogens with zero attached hydrogens (tertiary/aromatic N) is 3. The van der Waals surface area contributed by atoms with Crippen LogP contribution >= 0.6 is 0 Å². The van der Waals surface area contributed by atoms with E-state index in [0.29, 0.717) is 11.5 Å². The van der Waals surface area contributed by atoms with Crippen molar-refractivity contribution >= 4 is 43.6 Å². The van der Waals surface area contributed by atoms with Crippen molar-refractivity contribution in [3.8, 4) is 22.6 Å². The van der Waals surface area contributed by atoms with E-state index in [0.717, 1.165) is 66.9 Å². The van der Waals surface area contributed by atoms with Crippen molar-refractivity contribution in [2.24, 2.45) is 0 Å². The zero-order valence-corrected chi connectivity index (χ0v) is 25.6. The fourth-order valence-corrected chi connectivity index (χ4v) is 6.75. The highest BCUT2D eigenvalue weighted by molar-refractivity contribution is 6.11. The molecule has 0 radical (unpaired) electrons. The van der Waals surface area contributed by atoms with Crippen LogP contribution in [0.15, 0.2) is 115 Å². The Morgan fingerprint density at radius 3 is 1.52 bits per heavy atom. The first kappa shape index (κ1) is 29.8. The van der Waals surface area contributed by atoms with E-state index in [2.05, 4.69) is 0 Å². The molecule has 0 fully saturated rings. The van der Waals surface area contributed by atoms with Crippen LogP contribution in [0.4, 0.5) is 26.3 Å². The minimum absolute atomic E-state index is 0.158. The molecular formula is C39H25F6N3. The predicted molar refractivity (Wildman–Crippen MR) is 178 cm³/mol. The van der Waals surface area contributed by atoms with Gasteiger partial charge in [0.1, 0.15) is 5.82 Å². The fourth-order valence-electron chi connectivity index (χ4n) is 6.75. The van der Waals surface area contributed by atoms with Crippen molar-refractivity contribution in [3.05, 3.63) is 138 Å². The lowest BCUT2D eigenvalue weighted by atomic mass is 9.98. The highest BCUT2D eigenvalue weighted by Gasteiger charge is 2.37. The Bertz CT molecular complexity index is 2540. The third kappa shape index (κ3) is 4.72. The number of halogens is 6. The summed E-state index contributed by atoms with van der Waals surface area (Å²) in [4.78, 5) is 4.87. The molecule has 0 aliphatic rings. The van der Waals surface area contributed by atoms with E-state index in [1.54, 1.807) is 12.3 Å². The molecule has 48 heavy (non-hydrogen) atoms. The molecule has 0 aliphatic heterocycles. The number of aromatic nitrogens is 3. The number of hydrogen-bond donors (Lipinski definition) is 0. The normalized spacial score (nSPS) is 12.6. The van der Waals surface area contributed by atoms with Crippen LogP contribution in [-0.4, -0.2) is 14.1 Å². The number of hydrogen-bond acceptors (Lipinski definition) is 1. The Hall–Kier alpha value is -5.57. The van der Waals surface area contributed by atoms with E-state index >= 15 is 0 Å². The quantitative estimate of drug-likeness (QED) is 0.175. The van der Waals surface area contributed by atoms with E-state index in [4.69, 9.17) is 4.98 Å². The summed E-state index contributed by atoms with van der Waals surface area (Å²) in [5.41, 5.74) is 2.54. The Kier molecular flexibility index (Phi) is 6.50. The molecule has 238 valence electrons. The van der Waals surface area contributed by atoms with Crippen LogP contribution in [0.3, 0.4) is 0 Å². The van der Waals surface area contributed by atoms with Gasteiger partial charge in [0.05, 0.1) is 45.1 Å². The molecule has 3 nitrogen and oxygen atoms in total. The van der Waals surface area contributed by atoms with Crippen molar-refractivity contribution in [1.82, 2.24) is 14.1 Å². The summed E-state index contributed by atoms with van der Waals surface area (Å²) >= 11 is 0. The van der Waals surface area contributed by atoms with E-state index in [9.17, 15) is 26.3 Å². The maximum Gasteiger partial charge on any atom is 0.416 e. The molecule has 0 amide bonds. The SMILES string of the molecule is Cc1ccc2c3ccccc3n(-c3cc(-c4cc(C(F)(F)F)cc(C(F)(F)F)c4)c(-n4c5ccccc5c5ccc(C)cc54)cn3)c2c1. The average molecular weight is 650 g/mol. The van der Waals surface area contributed by atoms with Gasteiger partial charge in [-0.05, 0) is 79.1 Å². The summed E-state index contributed by atoms with van der Waals surface area (Å²) in [5.74, 6) is 0.355. The van der Waals surface area contributed by atoms with Gasteiger partial charge in [-0.2, -0.15) is 26.3 Å². The van der Waals surface area contributed by atoms with Crippen molar-refractivity contribution in [1.29, 1.82) is 0 Å². The Morgan fingerprint density at radius 1 is 0.500 bits per heavy atom. The summed E-state index contributed by atoms with van der Waals surface area (Å²) in [6.07, 6.45) is -8.48. The van der Waals surface area contributed by atoms with Crippen molar-refractivity contribution < 1.29 is 26.3 Å². The Balaban J connectivity index is 1.52. The standard InChI is InChI=1S/C39H25F6N3/c1-22-11-13-29-27-7-3-5-9-32(27)47(34(29)15-22)36-21-46-37(48-33-10-6-4-8-28(33)30-14-12-23(2)16-35(30)48)20-31(36)24-17-25(38(40,41)42)19-26(18-24)39(43,44)45/h3-21H,1-2H3. The lowest BCUT2D eigenvalue weighted by molar-refractivity contribution is -0.143. The van der Waals surface area contributed by atoms with Crippen molar-refractivity contribution in [2.75, 3.05) is 0 Å². The first-order valence-electron chi connectivity index (χ1n) is 15.2. The number of benzene rings is 5. The molecule has 8 rings (SSSR count). The van der Waals surface area contributed by atoms with Gasteiger partial charge in [0.2, 0.25) is 0 Å². The number of fused-ring (bicyclic) bond motifs is 6. The zero-order valence-electron chi connectivity index (χ0n) is 25.6. The minimum atomic E-state index is -5.01. The number of aryl methyl sites for hydroxylation is 2. The van der Waals surface area contributed by atoms with Gasteiger partial charge in [0.15, 0.2) is 0 Å². The van der Waals surface area contributed by atoms with Gasteiger partial charge in [-0.25, -0.2) is 4.98 Å². The predicted octanol–water partition coefficient (Wildman–Crippen LogP) is 11.6. The summed E-state index contributed by atoms with van der Waals surface area (Å²) in [7, 11) is 0. The topological polar surface area (TPSA) is 22.8 Å². The molecule has 3 heterocycles. The monoisotopic (exact) mass is 649 g/mol. The van der Waals surface area contributed by atoms with Gasteiger partial charge in [-0.1, -0.05) is 60.7 Å². The highest BCUT2D eigenvalue weighted by Crippen LogP contribution is 2.43. The fraction of sp³-hybridized carbons (Fsp3) is 0.103. The molecule has 0 saturated heterocycles. The number of para-hydroxylation sites is 2. The molecular weight excluding hydrogens is 624 g/mol. The van der Waals surface area contributed by atoms with Crippen LogP contribution < -0.4 is 0 Å². The van der Waals surface area contributed by atoms with Gasteiger partial charge in [-0.15, -0.1) is 0 Å². The molecule has 9 heteroatoms. The smallest absolute Gasteiger partial charge is 0.307 e. The summed E-state index contributed by atoms with van der Waals surface area (Å²) in [5, 5.41) is 3.67. The lowest BCUT2D eigenvalue weighted by Gasteiger charge is -2.19. The van der Waals surface area contributed by atoms with Crippen molar-refractivity contribution in [3.63, 3.8) is 0 Å². The van der Waals surface area contributed by atoms with Crippen LogP contribution in [0, 0.1) is 13.8 Å². The van der Waals surface area contributed by atoms with Gasteiger partial charge in [0.25, 0.3) is 0 Å². The van der Waals surface area contributed by atoms with Crippen LogP contribution in [0.25, 0.3) is 66.2 Å². The molecule has 0 N–H and O–H groups in total. The van der Waals surface area contributed by atoms with E-state index < -0.39 is 23.5 Å². The minimum Gasteiger partial charge on any atom is -0.307 e. The summed E-state index contributed by atoms with van der Waals surface area (Å²) in [6.45, 7) is 3.88. The second-order valence-corrected chi connectivity index (χ2v) is 12.1. The van der Waals surface area contributed by atoms with Crippen LogP contribution in [0.5, 0.6) is 0 Å². The third-order valence-corrected chi connectivity index (χ3v) is 8.90. The van der Waals surface area contributed by atoms with E-state index in [-0.39, 0.29) is 17.2 Å². The molecule has 0 aliphatic carbocycles. The Morgan fingerprint density at radius 2 is 0.979 bits per heavy atom. The molecule has 8 aromatic rings. The largest absolute Gasteiger partial charge is 0.416 e. The summed E-state index contributed by atoms with van der Waals surface area (Å²) in [6, 6.07) is 30.4. The van der Waals surface area contributed by atoms with Crippen LogP contribution in [0.1, 0.15) is 22.3 Å². The first-order chi connectivity index (χ1) is 22.9. The first-order valence-corrected chi connectivity index (χ1v) is 15.2. The molecule has 3 aromatic heterocycles. The second kappa shape index (κ2) is 10.5. The van der Waals surface area contributed by atoms with Gasteiger partial charge in [0, 0.05) is 27.1 Å². The zero-order chi connectivity index (χ0) is 33.5. The van der Waals surface area contributed by atoms with Gasteiger partial charge in [-0.3, -0.25) is 4.57 Å². The van der Waals surface area contributed by atoms with Crippen LogP contribution in [0.2, 0.25) is 0 Å². The molecule has 0 unspecified atom stereocenters. The number of alkyl halides is 6. The average Bonchev–Trinajstić information content (AvgIpc) is 3.55. The maximum absolute atomic E-state index is 14.2. The maximum atomic E-state index is 14.2. The van der Waals surface area contributed by atoms with Gasteiger partial charge >= 0.3 is 12.4 Å². The number of pyridine rings is 1. The van der Waals surface area contributed by atoms with Crippen molar-refractivity contribution in [2.45, 2.75) is 26.2 Å². The summed E-state index contributed by atoms with van der Waals surface area (Å²) < 4.78 is 88.9. The lowest BCUT2D eigenvalue weighted by Crippen LogP contribution is -2.11. The molecule has 0 spiro atoms. The molecule has 0 saturated carbocycles. The van der Waals surface area contributed by atoms with Crippen LogP contribution in [-0.2, 0) is 12.4 Å². The van der Waals surface area contributed by atoms with Gasteiger partial charge < -0.3 is 4.57 Å².